The summed E-state index contributed by atoms with van der Waals surface area (Å²) in [4.78, 5) is 29.2. The second-order valence-corrected chi connectivity index (χ2v) is 7.10. The number of halogens is 1. The number of carbonyl (C=O) groups excluding carboxylic acids is 2. The van der Waals surface area contributed by atoms with Gasteiger partial charge in [-0.05, 0) is 43.3 Å². The van der Waals surface area contributed by atoms with Crippen LogP contribution in [0.2, 0.25) is 5.15 Å². The number of nitrogens with zero attached hydrogens (tertiary/aromatic N) is 2. The first kappa shape index (κ1) is 20.8. The molecule has 1 amide bonds. The lowest BCUT2D eigenvalue weighted by Gasteiger charge is -2.27. The molecule has 0 spiro atoms. The lowest BCUT2D eigenvalue weighted by molar-refractivity contribution is -0.121. The monoisotopic (exact) mass is 411 g/mol. The zero-order valence-electron chi connectivity index (χ0n) is 16.2. The van der Waals surface area contributed by atoms with E-state index in [0.717, 1.165) is 30.0 Å². The predicted molar refractivity (Wildman–Crippen MR) is 113 cm³/mol. The van der Waals surface area contributed by atoms with Gasteiger partial charge >= 0.3 is 0 Å². The van der Waals surface area contributed by atoms with Gasteiger partial charge in [-0.3, -0.25) is 4.79 Å². The van der Waals surface area contributed by atoms with Crippen molar-refractivity contribution in [3.8, 4) is 11.8 Å². The molecule has 1 aromatic heterocycles. The molecule has 0 bridgehead atoms. The van der Waals surface area contributed by atoms with E-state index in [2.05, 4.69) is 27.0 Å². The first-order valence-corrected chi connectivity index (χ1v) is 9.79. The standard InChI is InChI=1S/C22H22ClN3O3/c1-16(27)2-9-22(28)24-19-7-5-17(6-8-19)3-4-18-14-20(23)25-21(15-18)26-10-12-29-13-11-26/h5-8,14-15H,2,9-13H2,1H3,(H,24,28). The molecule has 7 heteroatoms. The second-order valence-electron chi connectivity index (χ2n) is 6.71. The number of Topliss-reactive ketones (excluding diaryl/α,β-unsaturated/α-hetero) is 1. The van der Waals surface area contributed by atoms with Crippen LogP contribution in [-0.4, -0.2) is 43.0 Å². The molecule has 1 N–H and O–H groups in total. The smallest absolute Gasteiger partial charge is 0.224 e. The predicted octanol–water partition coefficient (Wildman–Crippen LogP) is 3.28. The highest BCUT2D eigenvalue weighted by molar-refractivity contribution is 6.29. The van der Waals surface area contributed by atoms with Crippen molar-refractivity contribution in [3.05, 3.63) is 52.7 Å². The van der Waals surface area contributed by atoms with Crippen LogP contribution in [0.1, 0.15) is 30.9 Å². The van der Waals surface area contributed by atoms with Crippen molar-refractivity contribution in [3.63, 3.8) is 0 Å². The molecule has 0 saturated carbocycles. The maximum atomic E-state index is 11.8. The van der Waals surface area contributed by atoms with E-state index in [-0.39, 0.29) is 24.5 Å². The van der Waals surface area contributed by atoms with Gasteiger partial charge in [-0.15, -0.1) is 0 Å². The van der Waals surface area contributed by atoms with Crippen LogP contribution < -0.4 is 10.2 Å². The number of ether oxygens (including phenoxy) is 1. The Morgan fingerprint density at radius 3 is 2.48 bits per heavy atom. The highest BCUT2D eigenvalue weighted by atomic mass is 35.5. The van der Waals surface area contributed by atoms with Crippen molar-refractivity contribution in [1.82, 2.24) is 4.98 Å². The van der Waals surface area contributed by atoms with Crippen molar-refractivity contribution in [2.45, 2.75) is 19.8 Å². The fourth-order valence-corrected chi connectivity index (χ4v) is 3.01. The number of benzene rings is 1. The number of aromatic nitrogens is 1. The topological polar surface area (TPSA) is 71.5 Å². The Bertz CT molecular complexity index is 942. The Morgan fingerprint density at radius 2 is 1.79 bits per heavy atom. The van der Waals surface area contributed by atoms with Gasteiger partial charge in [-0.25, -0.2) is 4.98 Å². The Labute approximate surface area is 175 Å². The number of hydrogen-bond donors (Lipinski definition) is 1. The van der Waals surface area contributed by atoms with Gasteiger partial charge in [-0.2, -0.15) is 0 Å². The van der Waals surface area contributed by atoms with E-state index in [1.807, 2.05) is 18.2 Å². The molecule has 1 saturated heterocycles. The van der Waals surface area contributed by atoms with E-state index in [0.29, 0.717) is 24.1 Å². The molecule has 0 radical (unpaired) electrons. The van der Waals surface area contributed by atoms with Crippen LogP contribution in [0, 0.1) is 11.8 Å². The number of hydrogen-bond acceptors (Lipinski definition) is 5. The number of anilines is 2. The highest BCUT2D eigenvalue weighted by Gasteiger charge is 2.13. The summed E-state index contributed by atoms with van der Waals surface area (Å²) in [7, 11) is 0. The van der Waals surface area contributed by atoms with Crippen molar-refractivity contribution < 1.29 is 14.3 Å². The van der Waals surface area contributed by atoms with Gasteiger partial charge < -0.3 is 19.7 Å². The van der Waals surface area contributed by atoms with Gasteiger partial charge in [0.2, 0.25) is 5.91 Å². The van der Waals surface area contributed by atoms with E-state index in [1.54, 1.807) is 18.2 Å². The van der Waals surface area contributed by atoms with Gasteiger partial charge in [0.25, 0.3) is 0 Å². The van der Waals surface area contributed by atoms with Gasteiger partial charge in [0.15, 0.2) is 0 Å². The van der Waals surface area contributed by atoms with Crippen LogP contribution in [0.5, 0.6) is 0 Å². The maximum absolute atomic E-state index is 11.8. The average molecular weight is 412 g/mol. The maximum Gasteiger partial charge on any atom is 0.224 e. The third kappa shape index (κ3) is 6.60. The number of morpholine rings is 1. The minimum Gasteiger partial charge on any atom is -0.378 e. The lowest BCUT2D eigenvalue weighted by atomic mass is 10.1. The molecule has 29 heavy (non-hydrogen) atoms. The molecule has 0 aliphatic carbocycles. The third-order valence-electron chi connectivity index (χ3n) is 4.34. The van der Waals surface area contributed by atoms with Gasteiger partial charge in [0, 0.05) is 42.7 Å². The van der Waals surface area contributed by atoms with Gasteiger partial charge in [0.1, 0.15) is 16.8 Å². The summed E-state index contributed by atoms with van der Waals surface area (Å²) >= 11 is 6.17. The first-order chi connectivity index (χ1) is 14.0. The summed E-state index contributed by atoms with van der Waals surface area (Å²) in [6.07, 6.45) is 0.432. The summed E-state index contributed by atoms with van der Waals surface area (Å²) in [6.45, 7) is 4.37. The van der Waals surface area contributed by atoms with E-state index in [9.17, 15) is 9.59 Å². The van der Waals surface area contributed by atoms with Crippen molar-refractivity contribution >= 4 is 34.8 Å². The molecule has 1 aliphatic heterocycles. The quantitative estimate of drug-likeness (QED) is 0.604. The fourth-order valence-electron chi connectivity index (χ4n) is 2.80. The third-order valence-corrected chi connectivity index (χ3v) is 4.53. The molecular formula is C22H22ClN3O3. The van der Waals surface area contributed by atoms with Crippen molar-refractivity contribution in [2.75, 3.05) is 36.5 Å². The second kappa shape index (κ2) is 10.1. The van der Waals surface area contributed by atoms with Crippen LogP contribution in [0.3, 0.4) is 0 Å². The summed E-state index contributed by atoms with van der Waals surface area (Å²) < 4.78 is 5.37. The molecule has 2 aromatic rings. The van der Waals surface area contributed by atoms with E-state index in [4.69, 9.17) is 16.3 Å². The minimum atomic E-state index is -0.180. The largest absolute Gasteiger partial charge is 0.378 e. The SMILES string of the molecule is CC(=O)CCC(=O)Nc1ccc(C#Cc2cc(Cl)nc(N3CCOCC3)c2)cc1. The molecule has 0 unspecified atom stereocenters. The number of ketones is 1. The molecule has 0 atom stereocenters. The van der Waals surface area contributed by atoms with Gasteiger partial charge in [-0.1, -0.05) is 23.4 Å². The normalized spacial score (nSPS) is 13.4. The number of carbonyl (C=O) groups is 2. The Hall–Kier alpha value is -2.88. The van der Waals surface area contributed by atoms with Gasteiger partial charge in [0.05, 0.1) is 13.2 Å². The molecule has 1 aliphatic rings. The molecule has 6 nitrogen and oxygen atoms in total. The number of amides is 1. The highest BCUT2D eigenvalue weighted by Crippen LogP contribution is 2.19. The fraction of sp³-hybridized carbons (Fsp3) is 0.318. The van der Waals surface area contributed by atoms with Crippen LogP contribution in [0.15, 0.2) is 36.4 Å². The van der Waals surface area contributed by atoms with E-state index < -0.39 is 0 Å². The summed E-state index contributed by atoms with van der Waals surface area (Å²) in [5.41, 5.74) is 2.27. The Kier molecular flexibility index (Phi) is 7.23. The van der Waals surface area contributed by atoms with Crippen LogP contribution in [0.4, 0.5) is 11.5 Å². The molecule has 150 valence electrons. The first-order valence-electron chi connectivity index (χ1n) is 9.41. The number of nitrogens with one attached hydrogen (secondary N) is 1. The summed E-state index contributed by atoms with van der Waals surface area (Å²) in [5.74, 6) is 6.84. The molecular weight excluding hydrogens is 390 g/mol. The summed E-state index contributed by atoms with van der Waals surface area (Å²) in [5, 5.41) is 3.17. The molecule has 3 rings (SSSR count). The lowest BCUT2D eigenvalue weighted by Crippen LogP contribution is -2.36. The molecule has 1 aromatic carbocycles. The van der Waals surface area contributed by atoms with Crippen LogP contribution >= 0.6 is 11.6 Å². The van der Waals surface area contributed by atoms with E-state index in [1.165, 1.54) is 6.92 Å². The van der Waals surface area contributed by atoms with Crippen molar-refractivity contribution in [1.29, 1.82) is 0 Å². The van der Waals surface area contributed by atoms with Crippen LogP contribution in [0.25, 0.3) is 0 Å². The molecule has 2 heterocycles. The van der Waals surface area contributed by atoms with Crippen molar-refractivity contribution in [2.24, 2.45) is 0 Å². The zero-order chi connectivity index (χ0) is 20.6. The number of rotatable bonds is 5. The van der Waals surface area contributed by atoms with E-state index >= 15 is 0 Å². The summed E-state index contributed by atoms with van der Waals surface area (Å²) in [6, 6.07) is 10.9. The number of pyridine rings is 1. The minimum absolute atomic E-state index is 0.00114. The van der Waals surface area contributed by atoms with Crippen LogP contribution in [-0.2, 0) is 14.3 Å². The molecule has 1 fully saturated rings. The Morgan fingerprint density at radius 1 is 1.10 bits per heavy atom. The average Bonchev–Trinajstić information content (AvgIpc) is 2.72. The Balaban J connectivity index is 1.66. The zero-order valence-corrected chi connectivity index (χ0v) is 17.0.